The van der Waals surface area contributed by atoms with Crippen molar-refractivity contribution in [2.75, 3.05) is 5.32 Å². The number of carbonyl (C=O) groups is 1. The Kier molecular flexibility index (Phi) is 4.37. The summed E-state index contributed by atoms with van der Waals surface area (Å²) in [6.45, 7) is 3.73. The lowest BCUT2D eigenvalue weighted by atomic mass is 10.2. The number of nitrogens with one attached hydrogen (secondary N) is 1. The van der Waals surface area contributed by atoms with Crippen LogP contribution in [0.3, 0.4) is 0 Å². The molecular formula is C14H13ClFN3O2. The first kappa shape index (κ1) is 15.2. The average Bonchev–Trinajstić information content (AvgIpc) is 2.41. The highest BCUT2D eigenvalue weighted by atomic mass is 35.5. The van der Waals surface area contributed by atoms with Crippen LogP contribution >= 0.6 is 11.6 Å². The van der Waals surface area contributed by atoms with Crippen molar-refractivity contribution in [2.45, 2.75) is 19.8 Å². The van der Waals surface area contributed by atoms with E-state index in [0.29, 0.717) is 11.5 Å². The number of halogens is 2. The molecule has 1 aromatic carbocycles. The zero-order valence-corrected chi connectivity index (χ0v) is 12.1. The van der Waals surface area contributed by atoms with Crippen molar-refractivity contribution < 1.29 is 14.3 Å². The van der Waals surface area contributed by atoms with Gasteiger partial charge in [0.05, 0.1) is 22.6 Å². The minimum atomic E-state index is -1.18. The second-order valence-corrected chi connectivity index (χ2v) is 5.11. The van der Waals surface area contributed by atoms with Gasteiger partial charge in [0.1, 0.15) is 11.6 Å². The number of hydrogen-bond donors (Lipinski definition) is 2. The van der Waals surface area contributed by atoms with E-state index in [2.05, 4.69) is 15.3 Å². The molecule has 0 unspecified atom stereocenters. The summed E-state index contributed by atoms with van der Waals surface area (Å²) in [7, 11) is 0. The Morgan fingerprint density at radius 3 is 2.67 bits per heavy atom. The molecule has 0 amide bonds. The highest BCUT2D eigenvalue weighted by molar-refractivity contribution is 6.33. The first-order chi connectivity index (χ1) is 9.88. The Bertz CT molecular complexity index is 692. The zero-order valence-electron chi connectivity index (χ0n) is 11.4. The molecule has 0 radical (unpaired) electrons. The molecule has 2 aromatic rings. The topological polar surface area (TPSA) is 75.1 Å². The van der Waals surface area contributed by atoms with Crippen molar-refractivity contribution in [3.63, 3.8) is 0 Å². The fourth-order valence-corrected chi connectivity index (χ4v) is 1.88. The maximum Gasteiger partial charge on any atom is 0.356 e. The van der Waals surface area contributed by atoms with Crippen LogP contribution in [0.4, 0.5) is 15.8 Å². The summed E-state index contributed by atoms with van der Waals surface area (Å²) in [5.41, 5.74) is 0.413. The monoisotopic (exact) mass is 309 g/mol. The van der Waals surface area contributed by atoms with Crippen LogP contribution in [0.5, 0.6) is 0 Å². The van der Waals surface area contributed by atoms with Crippen LogP contribution in [-0.2, 0) is 0 Å². The van der Waals surface area contributed by atoms with E-state index in [9.17, 15) is 14.3 Å². The van der Waals surface area contributed by atoms with Gasteiger partial charge in [-0.3, -0.25) is 0 Å². The van der Waals surface area contributed by atoms with E-state index in [1.54, 1.807) is 0 Å². The van der Waals surface area contributed by atoms with Crippen LogP contribution in [-0.4, -0.2) is 21.0 Å². The largest absolute Gasteiger partial charge is 0.476 e. The number of anilines is 2. The van der Waals surface area contributed by atoms with Gasteiger partial charge in [-0.15, -0.1) is 0 Å². The third-order valence-corrected chi connectivity index (χ3v) is 3.04. The molecule has 2 rings (SSSR count). The van der Waals surface area contributed by atoms with Gasteiger partial charge >= 0.3 is 5.97 Å². The maximum absolute atomic E-state index is 13.0. The molecule has 1 heterocycles. The number of carboxylic acid groups (broad SMARTS) is 1. The van der Waals surface area contributed by atoms with Gasteiger partial charge < -0.3 is 10.4 Å². The van der Waals surface area contributed by atoms with E-state index in [-0.39, 0.29) is 22.3 Å². The lowest BCUT2D eigenvalue weighted by molar-refractivity contribution is 0.0691. The maximum atomic E-state index is 13.0. The van der Waals surface area contributed by atoms with Gasteiger partial charge in [0.15, 0.2) is 5.69 Å². The number of carboxylic acids is 1. The van der Waals surface area contributed by atoms with E-state index in [1.165, 1.54) is 18.3 Å². The van der Waals surface area contributed by atoms with Crippen molar-refractivity contribution in [2.24, 2.45) is 0 Å². The molecule has 0 spiro atoms. The second kappa shape index (κ2) is 6.05. The lowest BCUT2D eigenvalue weighted by Gasteiger charge is -2.12. The van der Waals surface area contributed by atoms with Crippen molar-refractivity contribution in [3.8, 4) is 0 Å². The van der Waals surface area contributed by atoms with Crippen LogP contribution in [0.15, 0.2) is 24.4 Å². The minimum absolute atomic E-state index is 0.00607. The van der Waals surface area contributed by atoms with Crippen LogP contribution in [0.2, 0.25) is 5.02 Å². The number of benzene rings is 1. The molecule has 21 heavy (non-hydrogen) atoms. The molecule has 7 heteroatoms. The van der Waals surface area contributed by atoms with Gasteiger partial charge in [-0.2, -0.15) is 0 Å². The standard InChI is InChI=1S/C14H13ClFN3O2/c1-7(2)13-17-6-11(12(19-13)14(20)21)18-10-4-3-8(16)5-9(10)15/h3-7,18H,1-2H3,(H,20,21). The van der Waals surface area contributed by atoms with E-state index in [0.717, 1.165) is 6.07 Å². The predicted molar refractivity (Wildman–Crippen MR) is 77.8 cm³/mol. The smallest absolute Gasteiger partial charge is 0.356 e. The first-order valence-electron chi connectivity index (χ1n) is 6.20. The molecule has 0 saturated carbocycles. The molecule has 0 aliphatic carbocycles. The predicted octanol–water partition coefficient (Wildman–Crippen LogP) is 3.83. The fraction of sp³-hybridized carbons (Fsp3) is 0.214. The van der Waals surface area contributed by atoms with E-state index < -0.39 is 11.8 Å². The molecule has 1 aromatic heterocycles. The highest BCUT2D eigenvalue weighted by Crippen LogP contribution is 2.27. The molecule has 0 saturated heterocycles. The minimum Gasteiger partial charge on any atom is -0.476 e. The van der Waals surface area contributed by atoms with E-state index in [1.807, 2.05) is 13.8 Å². The van der Waals surface area contributed by atoms with Crippen LogP contribution in [0, 0.1) is 5.82 Å². The highest BCUT2D eigenvalue weighted by Gasteiger charge is 2.16. The Balaban J connectivity index is 2.41. The van der Waals surface area contributed by atoms with Crippen molar-refractivity contribution in [1.82, 2.24) is 9.97 Å². The molecular weight excluding hydrogens is 297 g/mol. The molecule has 0 aliphatic rings. The van der Waals surface area contributed by atoms with Gasteiger partial charge in [-0.1, -0.05) is 25.4 Å². The molecule has 0 atom stereocenters. The summed E-state index contributed by atoms with van der Waals surface area (Å²) in [4.78, 5) is 19.4. The van der Waals surface area contributed by atoms with Gasteiger partial charge in [-0.05, 0) is 18.2 Å². The number of hydrogen-bond acceptors (Lipinski definition) is 4. The van der Waals surface area contributed by atoms with Crippen molar-refractivity contribution in [1.29, 1.82) is 0 Å². The average molecular weight is 310 g/mol. The summed E-state index contributed by atoms with van der Waals surface area (Å²) < 4.78 is 13.0. The molecule has 2 N–H and O–H groups in total. The van der Waals surface area contributed by atoms with Crippen molar-refractivity contribution >= 4 is 28.9 Å². The SMILES string of the molecule is CC(C)c1ncc(Nc2ccc(F)cc2Cl)c(C(=O)O)n1. The van der Waals surface area contributed by atoms with Crippen LogP contribution < -0.4 is 5.32 Å². The van der Waals surface area contributed by atoms with Gasteiger partial charge in [-0.25, -0.2) is 19.2 Å². The Morgan fingerprint density at radius 2 is 2.10 bits per heavy atom. The normalized spacial score (nSPS) is 10.7. The summed E-state index contributed by atoms with van der Waals surface area (Å²) in [6.07, 6.45) is 1.38. The van der Waals surface area contributed by atoms with Gasteiger partial charge in [0.25, 0.3) is 0 Å². The quantitative estimate of drug-likeness (QED) is 0.897. The molecule has 0 fully saturated rings. The lowest BCUT2D eigenvalue weighted by Crippen LogP contribution is -2.10. The number of rotatable bonds is 4. The zero-order chi connectivity index (χ0) is 15.6. The van der Waals surface area contributed by atoms with Gasteiger partial charge in [0.2, 0.25) is 0 Å². The first-order valence-corrected chi connectivity index (χ1v) is 6.58. The summed E-state index contributed by atoms with van der Waals surface area (Å²) in [6, 6.07) is 3.77. The van der Waals surface area contributed by atoms with Crippen molar-refractivity contribution in [3.05, 3.63) is 46.8 Å². The second-order valence-electron chi connectivity index (χ2n) is 4.70. The fourth-order valence-electron chi connectivity index (χ4n) is 1.66. The third-order valence-electron chi connectivity index (χ3n) is 2.73. The molecule has 0 bridgehead atoms. The Morgan fingerprint density at radius 1 is 1.38 bits per heavy atom. The summed E-state index contributed by atoms with van der Waals surface area (Å²) in [5.74, 6) is -1.22. The number of nitrogens with zero attached hydrogens (tertiary/aromatic N) is 2. The Hall–Kier alpha value is -2.21. The summed E-state index contributed by atoms with van der Waals surface area (Å²) >= 11 is 5.90. The van der Waals surface area contributed by atoms with Crippen LogP contribution in [0.25, 0.3) is 0 Å². The summed E-state index contributed by atoms with van der Waals surface area (Å²) in [5, 5.41) is 12.2. The third kappa shape index (κ3) is 3.46. The van der Waals surface area contributed by atoms with E-state index in [4.69, 9.17) is 11.6 Å². The molecule has 0 aliphatic heterocycles. The molecule has 5 nitrogen and oxygen atoms in total. The van der Waals surface area contributed by atoms with E-state index >= 15 is 0 Å². The van der Waals surface area contributed by atoms with Gasteiger partial charge in [0, 0.05) is 5.92 Å². The Labute approximate surface area is 125 Å². The molecule has 110 valence electrons. The number of aromatic nitrogens is 2. The van der Waals surface area contributed by atoms with Crippen LogP contribution in [0.1, 0.15) is 36.1 Å². The number of aromatic carboxylic acids is 1.